The van der Waals surface area contributed by atoms with Crippen molar-refractivity contribution in [2.75, 3.05) is 45.8 Å². The van der Waals surface area contributed by atoms with Crippen molar-refractivity contribution in [3.05, 3.63) is 35.4 Å². The van der Waals surface area contributed by atoms with Gasteiger partial charge in [0.25, 0.3) is 0 Å². The predicted molar refractivity (Wildman–Crippen MR) is 99.6 cm³/mol. The number of hydrogen-bond acceptors (Lipinski definition) is 4. The minimum absolute atomic E-state index is 0. The van der Waals surface area contributed by atoms with Gasteiger partial charge in [-0.15, -0.1) is 12.4 Å². The van der Waals surface area contributed by atoms with Gasteiger partial charge in [0, 0.05) is 45.3 Å². The topological polar surface area (TPSA) is 47.6 Å². The molecule has 24 heavy (non-hydrogen) atoms. The van der Waals surface area contributed by atoms with Crippen molar-refractivity contribution < 1.29 is 4.79 Å². The van der Waals surface area contributed by atoms with Gasteiger partial charge in [-0.05, 0) is 25.5 Å². The van der Waals surface area contributed by atoms with Crippen LogP contribution in [0.1, 0.15) is 17.5 Å². The third kappa shape index (κ3) is 5.45. The SMILES string of the molecule is Cc1ccc(CNC(=O)CN2CCN(C3CCNC3)CC2)cc1.Cl. The number of rotatable bonds is 5. The summed E-state index contributed by atoms with van der Waals surface area (Å²) in [5.41, 5.74) is 2.40. The summed E-state index contributed by atoms with van der Waals surface area (Å²) in [6.45, 7) is 9.63. The number of nitrogens with zero attached hydrogens (tertiary/aromatic N) is 2. The van der Waals surface area contributed by atoms with E-state index in [1.165, 1.54) is 12.0 Å². The Labute approximate surface area is 151 Å². The Hall–Kier alpha value is -1.14. The average molecular weight is 353 g/mol. The Morgan fingerprint density at radius 3 is 2.54 bits per heavy atom. The van der Waals surface area contributed by atoms with Gasteiger partial charge < -0.3 is 10.6 Å². The lowest BCUT2D eigenvalue weighted by Gasteiger charge is -2.37. The van der Waals surface area contributed by atoms with E-state index in [1.807, 2.05) is 0 Å². The largest absolute Gasteiger partial charge is 0.351 e. The molecule has 1 aromatic carbocycles. The van der Waals surface area contributed by atoms with Crippen LogP contribution in [-0.2, 0) is 11.3 Å². The lowest BCUT2D eigenvalue weighted by Crippen LogP contribution is -2.52. The number of nitrogens with one attached hydrogen (secondary N) is 2. The molecule has 2 heterocycles. The third-order valence-corrected chi connectivity index (χ3v) is 4.94. The van der Waals surface area contributed by atoms with E-state index in [0.29, 0.717) is 19.1 Å². The van der Waals surface area contributed by atoms with Crippen molar-refractivity contribution >= 4 is 18.3 Å². The fraction of sp³-hybridized carbons (Fsp3) is 0.611. The van der Waals surface area contributed by atoms with Crippen molar-refractivity contribution in [3.63, 3.8) is 0 Å². The van der Waals surface area contributed by atoms with Crippen LogP contribution in [0.3, 0.4) is 0 Å². The molecule has 1 atom stereocenters. The zero-order valence-electron chi connectivity index (χ0n) is 14.5. The highest BCUT2D eigenvalue weighted by Gasteiger charge is 2.26. The highest BCUT2D eigenvalue weighted by molar-refractivity contribution is 5.85. The Morgan fingerprint density at radius 2 is 1.92 bits per heavy atom. The normalized spacial score (nSPS) is 22.1. The van der Waals surface area contributed by atoms with E-state index in [4.69, 9.17) is 0 Å². The molecular formula is C18H29ClN4O. The molecule has 0 aliphatic carbocycles. The maximum Gasteiger partial charge on any atom is 0.234 e. The van der Waals surface area contributed by atoms with Gasteiger partial charge in [-0.25, -0.2) is 0 Å². The minimum atomic E-state index is 0. The van der Waals surface area contributed by atoms with Crippen LogP contribution in [0, 0.1) is 6.92 Å². The summed E-state index contributed by atoms with van der Waals surface area (Å²) in [5.74, 6) is 0.126. The summed E-state index contributed by atoms with van der Waals surface area (Å²) in [4.78, 5) is 17.0. The van der Waals surface area contributed by atoms with E-state index in [-0.39, 0.29) is 18.3 Å². The zero-order chi connectivity index (χ0) is 16.1. The molecule has 2 N–H and O–H groups in total. The van der Waals surface area contributed by atoms with Crippen LogP contribution in [0.25, 0.3) is 0 Å². The maximum absolute atomic E-state index is 12.1. The van der Waals surface area contributed by atoms with Gasteiger partial charge in [-0.3, -0.25) is 14.6 Å². The van der Waals surface area contributed by atoms with E-state index in [2.05, 4.69) is 51.6 Å². The molecule has 1 amide bonds. The predicted octanol–water partition coefficient (Wildman–Crippen LogP) is 1.01. The Balaban J connectivity index is 0.00000208. The van der Waals surface area contributed by atoms with Crippen molar-refractivity contribution in [3.8, 4) is 0 Å². The lowest BCUT2D eigenvalue weighted by molar-refractivity contribution is -0.122. The number of amides is 1. The smallest absolute Gasteiger partial charge is 0.234 e. The maximum atomic E-state index is 12.1. The van der Waals surface area contributed by atoms with Crippen LogP contribution in [0.15, 0.2) is 24.3 Å². The molecule has 3 rings (SSSR count). The van der Waals surface area contributed by atoms with Gasteiger partial charge in [-0.1, -0.05) is 29.8 Å². The molecule has 2 aliphatic rings. The van der Waals surface area contributed by atoms with Crippen LogP contribution in [0.2, 0.25) is 0 Å². The van der Waals surface area contributed by atoms with Gasteiger partial charge in [0.05, 0.1) is 6.54 Å². The highest BCUT2D eigenvalue weighted by Crippen LogP contribution is 2.11. The first-order valence-corrected chi connectivity index (χ1v) is 8.70. The van der Waals surface area contributed by atoms with Crippen LogP contribution in [0.5, 0.6) is 0 Å². The Bertz CT molecular complexity index is 508. The summed E-state index contributed by atoms with van der Waals surface area (Å²) >= 11 is 0. The molecule has 2 saturated heterocycles. The first kappa shape index (κ1) is 19.2. The second-order valence-corrected chi connectivity index (χ2v) is 6.72. The van der Waals surface area contributed by atoms with Crippen LogP contribution in [-0.4, -0.2) is 67.6 Å². The fourth-order valence-corrected chi connectivity index (χ4v) is 3.40. The third-order valence-electron chi connectivity index (χ3n) is 4.94. The molecular weight excluding hydrogens is 324 g/mol. The van der Waals surface area contributed by atoms with E-state index in [1.54, 1.807) is 0 Å². The molecule has 0 spiro atoms. The number of aryl methyl sites for hydroxylation is 1. The second kappa shape index (κ2) is 9.37. The van der Waals surface area contributed by atoms with E-state index in [9.17, 15) is 4.79 Å². The van der Waals surface area contributed by atoms with Crippen molar-refractivity contribution in [2.24, 2.45) is 0 Å². The van der Waals surface area contributed by atoms with Gasteiger partial charge >= 0.3 is 0 Å². The highest BCUT2D eigenvalue weighted by atomic mass is 35.5. The summed E-state index contributed by atoms with van der Waals surface area (Å²) in [6.07, 6.45) is 1.26. The summed E-state index contributed by atoms with van der Waals surface area (Å²) < 4.78 is 0. The molecule has 0 saturated carbocycles. The van der Waals surface area contributed by atoms with Crippen LogP contribution >= 0.6 is 12.4 Å². The molecule has 5 nitrogen and oxygen atoms in total. The molecule has 2 aliphatic heterocycles. The van der Waals surface area contributed by atoms with Gasteiger partial charge in [0.1, 0.15) is 0 Å². The first-order valence-electron chi connectivity index (χ1n) is 8.70. The molecule has 0 aromatic heterocycles. The Morgan fingerprint density at radius 1 is 1.21 bits per heavy atom. The van der Waals surface area contributed by atoms with Gasteiger partial charge in [0.15, 0.2) is 0 Å². The van der Waals surface area contributed by atoms with Gasteiger partial charge in [0.2, 0.25) is 5.91 Å². The van der Waals surface area contributed by atoms with E-state index in [0.717, 1.165) is 44.8 Å². The number of halogens is 1. The first-order chi connectivity index (χ1) is 11.2. The second-order valence-electron chi connectivity index (χ2n) is 6.72. The molecule has 0 bridgehead atoms. The monoisotopic (exact) mass is 352 g/mol. The number of carbonyl (C=O) groups excluding carboxylic acids is 1. The molecule has 2 fully saturated rings. The number of carbonyl (C=O) groups is 1. The lowest BCUT2D eigenvalue weighted by atomic mass is 10.1. The standard InChI is InChI=1S/C18H28N4O.ClH/c1-15-2-4-16(5-3-15)12-20-18(23)14-21-8-10-22(11-9-21)17-6-7-19-13-17;/h2-5,17,19H,6-14H2,1H3,(H,20,23);1H. The van der Waals surface area contributed by atoms with Gasteiger partial charge in [-0.2, -0.15) is 0 Å². The van der Waals surface area contributed by atoms with Crippen molar-refractivity contribution in [2.45, 2.75) is 25.9 Å². The molecule has 1 aromatic rings. The number of piperazine rings is 1. The number of hydrogen-bond donors (Lipinski definition) is 2. The molecule has 134 valence electrons. The van der Waals surface area contributed by atoms with Crippen LogP contribution in [0.4, 0.5) is 0 Å². The average Bonchev–Trinajstić information content (AvgIpc) is 3.09. The van der Waals surface area contributed by atoms with Crippen molar-refractivity contribution in [1.82, 2.24) is 20.4 Å². The van der Waals surface area contributed by atoms with Crippen molar-refractivity contribution in [1.29, 1.82) is 0 Å². The fourth-order valence-electron chi connectivity index (χ4n) is 3.40. The number of benzene rings is 1. The van der Waals surface area contributed by atoms with E-state index >= 15 is 0 Å². The minimum Gasteiger partial charge on any atom is -0.351 e. The summed E-state index contributed by atoms with van der Waals surface area (Å²) in [5, 5.41) is 6.46. The molecule has 6 heteroatoms. The van der Waals surface area contributed by atoms with Crippen LogP contribution < -0.4 is 10.6 Å². The quantitative estimate of drug-likeness (QED) is 0.830. The van der Waals surface area contributed by atoms with E-state index < -0.39 is 0 Å². The summed E-state index contributed by atoms with van der Waals surface area (Å²) in [6, 6.07) is 9.01. The summed E-state index contributed by atoms with van der Waals surface area (Å²) in [7, 11) is 0. The molecule has 0 radical (unpaired) electrons. The zero-order valence-corrected chi connectivity index (χ0v) is 15.3. The Kier molecular flexibility index (Phi) is 7.49. The molecule has 1 unspecified atom stereocenters.